The molecule has 8 nitrogen and oxygen atoms in total. The minimum Gasteiger partial charge on any atom is -0.462 e. The number of nitrogens with one attached hydrogen (secondary N) is 1. The van der Waals surface area contributed by atoms with Crippen LogP contribution in [0.1, 0.15) is 84.3 Å². The maximum atomic E-state index is 14.0. The molecule has 2 aromatic heterocycles. The van der Waals surface area contributed by atoms with E-state index in [1.807, 2.05) is 43.3 Å². The molecule has 2 unspecified atom stereocenters. The first kappa shape index (κ1) is 33.1. The molecular formula is C37H42N2O6S. The van der Waals surface area contributed by atoms with Crippen molar-refractivity contribution in [1.29, 1.82) is 0 Å². The fourth-order valence-corrected chi connectivity index (χ4v) is 7.57. The van der Waals surface area contributed by atoms with Gasteiger partial charge in [0.2, 0.25) is 0 Å². The molecule has 0 saturated carbocycles. The zero-order chi connectivity index (χ0) is 33.3. The monoisotopic (exact) mass is 642 g/mol. The Morgan fingerprint density at radius 2 is 1.70 bits per heavy atom. The summed E-state index contributed by atoms with van der Waals surface area (Å²) in [6, 6.07) is 14.8. The Morgan fingerprint density at radius 3 is 2.33 bits per heavy atom. The number of aromatic nitrogens is 1. The van der Waals surface area contributed by atoms with Crippen molar-refractivity contribution in [2.24, 2.45) is 18.4 Å². The summed E-state index contributed by atoms with van der Waals surface area (Å²) in [5, 5.41) is 4.42. The molecule has 0 fully saturated rings. The van der Waals surface area contributed by atoms with Crippen molar-refractivity contribution in [2.75, 3.05) is 11.9 Å². The number of carbonyl (C=O) groups excluding carboxylic acids is 3. The van der Waals surface area contributed by atoms with E-state index in [1.165, 1.54) is 23.0 Å². The van der Waals surface area contributed by atoms with Crippen molar-refractivity contribution < 1.29 is 23.9 Å². The topological polar surface area (TPSA) is 104 Å². The van der Waals surface area contributed by atoms with Gasteiger partial charge in [-0.05, 0) is 73.4 Å². The summed E-state index contributed by atoms with van der Waals surface area (Å²) in [5.74, 6) is -1.36. The highest BCUT2D eigenvalue weighted by molar-refractivity contribution is 7.17. The van der Waals surface area contributed by atoms with Crippen molar-refractivity contribution >= 4 is 45.0 Å². The van der Waals surface area contributed by atoms with E-state index in [4.69, 9.17) is 9.47 Å². The second-order valence-electron chi connectivity index (χ2n) is 13.0. The van der Waals surface area contributed by atoms with Gasteiger partial charge in [-0.3, -0.25) is 9.59 Å². The van der Waals surface area contributed by atoms with Gasteiger partial charge in [-0.15, -0.1) is 11.3 Å². The lowest BCUT2D eigenvalue weighted by atomic mass is 9.72. The number of esters is 2. The molecule has 0 saturated heterocycles. The molecule has 242 valence electrons. The van der Waals surface area contributed by atoms with E-state index >= 15 is 0 Å². The second-order valence-corrected chi connectivity index (χ2v) is 14.1. The second kappa shape index (κ2) is 13.2. The molecule has 1 aliphatic rings. The van der Waals surface area contributed by atoms with Gasteiger partial charge in [0, 0.05) is 22.9 Å². The minimum absolute atomic E-state index is 0.0609. The largest absolute Gasteiger partial charge is 0.462 e. The van der Waals surface area contributed by atoms with Crippen molar-refractivity contribution in [3.05, 3.63) is 86.1 Å². The molecule has 0 spiro atoms. The number of hydrogen-bond donors (Lipinski definition) is 1. The van der Waals surface area contributed by atoms with E-state index in [2.05, 4.69) is 26.1 Å². The number of pyridine rings is 1. The molecule has 1 aliphatic carbocycles. The van der Waals surface area contributed by atoms with Crippen LogP contribution in [-0.2, 0) is 34.2 Å². The molecule has 0 radical (unpaired) electrons. The summed E-state index contributed by atoms with van der Waals surface area (Å²) >= 11 is 1.40. The van der Waals surface area contributed by atoms with Crippen LogP contribution in [0.4, 0.5) is 5.00 Å². The normalized spacial score (nSPS) is 15.2. The molecule has 2 heterocycles. The van der Waals surface area contributed by atoms with Gasteiger partial charge in [-0.25, -0.2) is 9.59 Å². The summed E-state index contributed by atoms with van der Waals surface area (Å²) in [6.07, 6.45) is 1.50. The molecular weight excluding hydrogens is 600 g/mol. The van der Waals surface area contributed by atoms with Gasteiger partial charge < -0.3 is 19.4 Å². The first-order valence-corrected chi connectivity index (χ1v) is 16.7. The van der Waals surface area contributed by atoms with Crippen LogP contribution in [0.25, 0.3) is 21.9 Å². The number of carbonyl (C=O) groups is 3. The molecule has 5 rings (SSSR count). The maximum Gasteiger partial charge on any atom is 0.356 e. The molecule has 46 heavy (non-hydrogen) atoms. The number of hydrogen-bond acceptors (Lipinski definition) is 7. The van der Waals surface area contributed by atoms with E-state index in [-0.39, 0.29) is 29.7 Å². The van der Waals surface area contributed by atoms with Gasteiger partial charge in [0.15, 0.2) is 6.10 Å². The summed E-state index contributed by atoms with van der Waals surface area (Å²) in [7, 11) is 1.54. The predicted octanol–water partition coefficient (Wildman–Crippen LogP) is 7.48. The quantitative estimate of drug-likeness (QED) is 0.200. The van der Waals surface area contributed by atoms with Gasteiger partial charge >= 0.3 is 11.9 Å². The Hall–Kier alpha value is -4.24. The lowest BCUT2D eigenvalue weighted by Crippen LogP contribution is -2.34. The molecule has 1 amide bonds. The molecule has 4 aromatic rings. The average Bonchev–Trinajstić information content (AvgIpc) is 3.38. The maximum absolute atomic E-state index is 14.0. The number of ether oxygens (including phenoxy) is 2. The fourth-order valence-electron chi connectivity index (χ4n) is 6.25. The van der Waals surface area contributed by atoms with Crippen molar-refractivity contribution in [3.8, 4) is 11.1 Å². The first-order chi connectivity index (χ1) is 21.8. The Balaban J connectivity index is 1.49. The molecule has 0 bridgehead atoms. The van der Waals surface area contributed by atoms with Crippen LogP contribution in [0.2, 0.25) is 0 Å². The van der Waals surface area contributed by atoms with Gasteiger partial charge in [0.25, 0.3) is 11.5 Å². The summed E-state index contributed by atoms with van der Waals surface area (Å²) in [6.45, 7) is 12.4. The molecule has 9 heteroatoms. The van der Waals surface area contributed by atoms with Crippen LogP contribution in [-0.4, -0.2) is 35.1 Å². The zero-order valence-corrected chi connectivity index (χ0v) is 28.4. The lowest BCUT2D eigenvalue weighted by molar-refractivity contribution is -0.124. The van der Waals surface area contributed by atoms with E-state index in [0.29, 0.717) is 32.8 Å². The molecule has 0 aliphatic heterocycles. The van der Waals surface area contributed by atoms with Crippen LogP contribution >= 0.6 is 11.3 Å². The number of nitrogens with zero attached hydrogens (tertiary/aromatic N) is 1. The van der Waals surface area contributed by atoms with Crippen LogP contribution in [0.3, 0.4) is 0 Å². The van der Waals surface area contributed by atoms with Gasteiger partial charge in [-0.2, -0.15) is 0 Å². The number of aryl methyl sites for hydroxylation is 1. The van der Waals surface area contributed by atoms with Crippen LogP contribution in [0.5, 0.6) is 0 Å². The third-order valence-electron chi connectivity index (χ3n) is 8.96. The van der Waals surface area contributed by atoms with Gasteiger partial charge in [-0.1, -0.05) is 75.7 Å². The molecule has 1 N–H and O–H groups in total. The number of fused-ring (bicyclic) bond motifs is 2. The Morgan fingerprint density at radius 1 is 1.02 bits per heavy atom. The van der Waals surface area contributed by atoms with Crippen LogP contribution in [0, 0.1) is 18.3 Å². The van der Waals surface area contributed by atoms with Crippen molar-refractivity contribution in [1.82, 2.24) is 4.57 Å². The smallest absolute Gasteiger partial charge is 0.356 e. The summed E-state index contributed by atoms with van der Waals surface area (Å²) < 4.78 is 12.6. The summed E-state index contributed by atoms with van der Waals surface area (Å²) in [5.41, 5.74) is 3.51. The number of benzene rings is 2. The van der Waals surface area contributed by atoms with Crippen LogP contribution in [0.15, 0.2) is 53.3 Å². The van der Waals surface area contributed by atoms with Crippen LogP contribution < -0.4 is 10.9 Å². The zero-order valence-electron chi connectivity index (χ0n) is 27.6. The Kier molecular flexibility index (Phi) is 9.54. The van der Waals surface area contributed by atoms with E-state index in [1.54, 1.807) is 26.0 Å². The lowest BCUT2D eigenvalue weighted by Gasteiger charge is -2.33. The SMILES string of the molecule is CCOC(=O)c1c(NC(=O)C(CC)OC(=O)c2c(-c3ccc(C)cc3)c3ccccc3c(=O)n2C)sc2c1CCC(C(C)(C)C)C2. The number of anilines is 1. The number of amides is 1. The predicted molar refractivity (Wildman–Crippen MR) is 183 cm³/mol. The van der Waals surface area contributed by atoms with E-state index < -0.39 is 23.9 Å². The highest BCUT2D eigenvalue weighted by atomic mass is 32.1. The number of rotatable bonds is 8. The minimum atomic E-state index is -1.17. The molecule has 2 atom stereocenters. The third kappa shape index (κ3) is 6.38. The fraction of sp³-hybridized carbons (Fsp3) is 0.405. The molecule has 2 aromatic carbocycles. The number of thiophene rings is 1. The van der Waals surface area contributed by atoms with Crippen molar-refractivity contribution in [3.63, 3.8) is 0 Å². The third-order valence-corrected chi connectivity index (χ3v) is 10.1. The Bertz CT molecular complexity index is 1860. The van der Waals surface area contributed by atoms with Gasteiger partial charge in [0.1, 0.15) is 10.7 Å². The van der Waals surface area contributed by atoms with E-state index in [9.17, 15) is 19.2 Å². The average molecular weight is 643 g/mol. The first-order valence-electron chi connectivity index (χ1n) is 15.9. The summed E-state index contributed by atoms with van der Waals surface area (Å²) in [4.78, 5) is 55.3. The highest BCUT2D eigenvalue weighted by Crippen LogP contribution is 2.44. The standard InChI is InChI=1S/C37H42N2O6S/c1-8-27(32(40)38-33-30(35(42)44-9-2)26-19-18-23(37(4,5)6)20-28(26)46-33)45-36(43)31-29(22-16-14-21(3)15-17-22)24-12-10-11-13-25(24)34(41)39(31)7/h10-17,23,27H,8-9,18-20H2,1-7H3,(H,38,40). The van der Waals surface area contributed by atoms with Gasteiger partial charge in [0.05, 0.1) is 12.2 Å². The Labute approximate surface area is 273 Å². The van der Waals surface area contributed by atoms with Crippen molar-refractivity contribution in [2.45, 2.75) is 73.3 Å². The highest BCUT2D eigenvalue weighted by Gasteiger charge is 2.35. The van der Waals surface area contributed by atoms with E-state index in [0.717, 1.165) is 40.8 Å².